The van der Waals surface area contributed by atoms with Crippen LogP contribution in [0.25, 0.3) is 0 Å². The van der Waals surface area contributed by atoms with Crippen molar-refractivity contribution in [1.29, 1.82) is 0 Å². The summed E-state index contributed by atoms with van der Waals surface area (Å²) >= 11 is 0. The zero-order valence-electron chi connectivity index (χ0n) is 12.6. The molecule has 0 spiro atoms. The maximum Gasteiger partial charge on any atom is 0.305 e. The molecule has 0 heterocycles. The number of carbonyl (C=O) groups is 1. The Kier molecular flexibility index (Phi) is 7.22. The molecular weight excluding hydrogens is 290 g/mol. The highest BCUT2D eigenvalue weighted by atomic mass is 32.2. The van der Waals surface area contributed by atoms with Gasteiger partial charge in [-0.15, -0.1) is 0 Å². The van der Waals surface area contributed by atoms with Gasteiger partial charge in [-0.2, -0.15) is 0 Å². The van der Waals surface area contributed by atoms with Crippen molar-refractivity contribution in [3.8, 4) is 0 Å². The first-order valence-electron chi connectivity index (χ1n) is 7.06. The van der Waals surface area contributed by atoms with Crippen molar-refractivity contribution < 1.29 is 17.9 Å². The maximum absolute atomic E-state index is 12.2. The number of para-hydroxylation sites is 1. The van der Waals surface area contributed by atoms with Crippen LogP contribution in [0.2, 0.25) is 0 Å². The summed E-state index contributed by atoms with van der Waals surface area (Å²) in [4.78, 5) is 10.9. The standard InChI is InChI=1S/C15H23NO4S/c1-16(14-10-6-5-7-11-14)21(18,19)13-9-4-3-8-12-15(17)20-2/h5-7,10-11H,3-4,8-9,12-13H2,1-2H3. The number of sulfonamides is 1. The second-order valence-corrected chi connectivity index (χ2v) is 6.98. The van der Waals surface area contributed by atoms with Crippen molar-refractivity contribution >= 4 is 21.7 Å². The Balaban J connectivity index is 2.32. The van der Waals surface area contributed by atoms with E-state index in [1.807, 2.05) is 18.2 Å². The van der Waals surface area contributed by atoms with Crippen molar-refractivity contribution in [2.24, 2.45) is 0 Å². The quantitative estimate of drug-likeness (QED) is 0.519. The van der Waals surface area contributed by atoms with Crippen molar-refractivity contribution in [3.63, 3.8) is 0 Å². The van der Waals surface area contributed by atoms with Gasteiger partial charge >= 0.3 is 5.97 Å². The van der Waals surface area contributed by atoms with Crippen molar-refractivity contribution in [1.82, 2.24) is 0 Å². The van der Waals surface area contributed by atoms with Gasteiger partial charge in [0, 0.05) is 13.5 Å². The van der Waals surface area contributed by atoms with Gasteiger partial charge in [0.05, 0.1) is 18.6 Å². The number of esters is 1. The number of methoxy groups -OCH3 is 1. The average molecular weight is 313 g/mol. The Labute approximate surface area is 127 Å². The van der Waals surface area contributed by atoms with Crippen molar-refractivity contribution in [3.05, 3.63) is 30.3 Å². The fraction of sp³-hybridized carbons (Fsp3) is 0.533. The molecule has 0 saturated carbocycles. The molecule has 118 valence electrons. The van der Waals surface area contributed by atoms with Gasteiger partial charge in [-0.05, 0) is 25.0 Å². The summed E-state index contributed by atoms with van der Waals surface area (Å²) in [5.41, 5.74) is 0.670. The molecule has 0 amide bonds. The maximum atomic E-state index is 12.2. The molecule has 0 atom stereocenters. The molecule has 0 aromatic heterocycles. The van der Waals surface area contributed by atoms with Crippen LogP contribution < -0.4 is 4.31 Å². The lowest BCUT2D eigenvalue weighted by Crippen LogP contribution is -2.28. The SMILES string of the molecule is COC(=O)CCCCCCS(=O)(=O)N(C)c1ccccc1. The summed E-state index contributed by atoms with van der Waals surface area (Å²) in [6.07, 6.45) is 3.35. The van der Waals surface area contributed by atoms with Crippen LogP contribution in [-0.4, -0.2) is 34.3 Å². The molecule has 0 bridgehead atoms. The first kappa shape index (κ1) is 17.5. The number of ether oxygens (including phenoxy) is 1. The number of hydrogen-bond acceptors (Lipinski definition) is 4. The number of anilines is 1. The number of hydrogen-bond donors (Lipinski definition) is 0. The average Bonchev–Trinajstić information content (AvgIpc) is 2.50. The van der Waals surface area contributed by atoms with E-state index in [1.54, 1.807) is 19.2 Å². The van der Waals surface area contributed by atoms with Crippen LogP contribution in [0.15, 0.2) is 30.3 Å². The Morgan fingerprint density at radius 3 is 2.33 bits per heavy atom. The fourth-order valence-electron chi connectivity index (χ4n) is 1.94. The van der Waals surface area contributed by atoms with Crippen LogP contribution in [-0.2, 0) is 19.6 Å². The smallest absolute Gasteiger partial charge is 0.305 e. The summed E-state index contributed by atoms with van der Waals surface area (Å²) in [6.45, 7) is 0. The predicted octanol–water partition coefficient (Wildman–Crippen LogP) is 2.58. The molecule has 6 heteroatoms. The lowest BCUT2D eigenvalue weighted by atomic mass is 10.1. The van der Waals surface area contributed by atoms with Crippen LogP contribution in [0.1, 0.15) is 32.1 Å². The highest BCUT2D eigenvalue weighted by molar-refractivity contribution is 7.92. The van der Waals surface area contributed by atoms with E-state index in [1.165, 1.54) is 11.4 Å². The molecule has 1 aromatic carbocycles. The van der Waals surface area contributed by atoms with Gasteiger partial charge in [-0.25, -0.2) is 8.42 Å². The molecule has 0 radical (unpaired) electrons. The zero-order valence-corrected chi connectivity index (χ0v) is 13.4. The van der Waals surface area contributed by atoms with Gasteiger partial charge < -0.3 is 4.74 Å². The van der Waals surface area contributed by atoms with Gasteiger partial charge in [0.2, 0.25) is 10.0 Å². The molecule has 5 nitrogen and oxygen atoms in total. The number of rotatable bonds is 9. The third-order valence-corrected chi connectivity index (χ3v) is 5.15. The van der Waals surface area contributed by atoms with Gasteiger partial charge in [0.15, 0.2) is 0 Å². The summed E-state index contributed by atoms with van der Waals surface area (Å²) in [5, 5.41) is 0. The summed E-state index contributed by atoms with van der Waals surface area (Å²) in [7, 11) is -0.339. The monoisotopic (exact) mass is 313 g/mol. The van der Waals surface area contributed by atoms with E-state index >= 15 is 0 Å². The first-order chi connectivity index (χ1) is 9.97. The molecule has 0 saturated heterocycles. The van der Waals surface area contributed by atoms with E-state index in [-0.39, 0.29) is 11.7 Å². The predicted molar refractivity (Wildman–Crippen MR) is 83.7 cm³/mol. The van der Waals surface area contributed by atoms with Crippen LogP contribution in [0.4, 0.5) is 5.69 Å². The van der Waals surface area contributed by atoms with E-state index in [2.05, 4.69) is 4.74 Å². The minimum atomic E-state index is -3.28. The van der Waals surface area contributed by atoms with Gasteiger partial charge in [-0.3, -0.25) is 9.10 Å². The lowest BCUT2D eigenvalue weighted by Gasteiger charge is -2.19. The van der Waals surface area contributed by atoms with E-state index in [0.29, 0.717) is 18.5 Å². The second kappa shape index (κ2) is 8.67. The number of carbonyl (C=O) groups excluding carboxylic acids is 1. The summed E-state index contributed by atoms with van der Waals surface area (Å²) in [6, 6.07) is 9.02. The topological polar surface area (TPSA) is 63.7 Å². The normalized spacial score (nSPS) is 11.1. The Morgan fingerprint density at radius 2 is 1.71 bits per heavy atom. The highest BCUT2D eigenvalue weighted by Gasteiger charge is 2.17. The fourth-order valence-corrected chi connectivity index (χ4v) is 3.23. The number of benzene rings is 1. The number of unbranched alkanes of at least 4 members (excludes halogenated alkanes) is 3. The van der Waals surface area contributed by atoms with E-state index in [0.717, 1.165) is 19.3 Å². The number of nitrogens with zero attached hydrogens (tertiary/aromatic N) is 1. The molecule has 0 aliphatic heterocycles. The molecule has 21 heavy (non-hydrogen) atoms. The largest absolute Gasteiger partial charge is 0.469 e. The van der Waals surface area contributed by atoms with E-state index in [4.69, 9.17) is 0 Å². The molecule has 0 aliphatic carbocycles. The summed E-state index contributed by atoms with van der Waals surface area (Å²) in [5.74, 6) is -0.0946. The Hall–Kier alpha value is -1.56. The van der Waals surface area contributed by atoms with Crippen LogP contribution in [0.5, 0.6) is 0 Å². The molecular formula is C15H23NO4S. The molecule has 0 unspecified atom stereocenters. The second-order valence-electron chi connectivity index (χ2n) is 4.86. The minimum absolute atomic E-state index is 0.122. The zero-order chi connectivity index (χ0) is 15.7. The molecule has 0 fully saturated rings. The minimum Gasteiger partial charge on any atom is -0.469 e. The van der Waals surface area contributed by atoms with Gasteiger partial charge in [0.1, 0.15) is 0 Å². The van der Waals surface area contributed by atoms with Gasteiger partial charge in [0.25, 0.3) is 0 Å². The Morgan fingerprint density at radius 1 is 1.10 bits per heavy atom. The van der Waals surface area contributed by atoms with E-state index in [9.17, 15) is 13.2 Å². The molecule has 0 aliphatic rings. The third kappa shape index (κ3) is 6.16. The first-order valence-corrected chi connectivity index (χ1v) is 8.67. The summed E-state index contributed by atoms with van der Waals surface area (Å²) < 4.78 is 30.2. The third-order valence-electron chi connectivity index (χ3n) is 3.30. The highest BCUT2D eigenvalue weighted by Crippen LogP contribution is 2.16. The molecule has 1 aromatic rings. The van der Waals surface area contributed by atoms with Crippen molar-refractivity contribution in [2.45, 2.75) is 32.1 Å². The van der Waals surface area contributed by atoms with Crippen molar-refractivity contribution in [2.75, 3.05) is 24.2 Å². The van der Waals surface area contributed by atoms with Crippen LogP contribution in [0.3, 0.4) is 0 Å². The van der Waals surface area contributed by atoms with E-state index < -0.39 is 10.0 Å². The van der Waals surface area contributed by atoms with Crippen LogP contribution in [0, 0.1) is 0 Å². The Bertz CT molecular complexity index is 528. The lowest BCUT2D eigenvalue weighted by molar-refractivity contribution is -0.140. The van der Waals surface area contributed by atoms with Crippen LogP contribution >= 0.6 is 0 Å². The molecule has 0 N–H and O–H groups in total. The molecule has 1 rings (SSSR count). The van der Waals surface area contributed by atoms with Gasteiger partial charge in [-0.1, -0.05) is 31.0 Å².